The number of amides is 2. The SMILES string of the molecule is COc1cc(C2=CC3=Nc4ccc(C(=O)N5CCC[C@H]5CO)cc4NC(=O)C3CC2)ccc1O. The number of benzene rings is 2. The normalized spacial score (nSPS) is 21.6. The summed E-state index contributed by atoms with van der Waals surface area (Å²) < 4.78 is 5.23. The molecule has 2 heterocycles. The molecule has 8 heteroatoms. The lowest BCUT2D eigenvalue weighted by atomic mass is 9.84. The molecule has 2 aliphatic heterocycles. The summed E-state index contributed by atoms with van der Waals surface area (Å²) >= 11 is 0. The van der Waals surface area contributed by atoms with E-state index in [1.54, 1.807) is 35.2 Å². The number of allylic oxidation sites excluding steroid dienone is 2. The molecular weight excluding hydrogens is 434 g/mol. The summed E-state index contributed by atoms with van der Waals surface area (Å²) in [6.07, 6.45) is 4.88. The summed E-state index contributed by atoms with van der Waals surface area (Å²) in [4.78, 5) is 32.5. The van der Waals surface area contributed by atoms with Gasteiger partial charge in [-0.2, -0.15) is 0 Å². The molecule has 34 heavy (non-hydrogen) atoms. The van der Waals surface area contributed by atoms with Gasteiger partial charge in [-0.15, -0.1) is 0 Å². The van der Waals surface area contributed by atoms with Gasteiger partial charge in [0.15, 0.2) is 11.5 Å². The van der Waals surface area contributed by atoms with Gasteiger partial charge in [-0.25, -0.2) is 0 Å². The van der Waals surface area contributed by atoms with Gasteiger partial charge in [-0.1, -0.05) is 6.07 Å². The van der Waals surface area contributed by atoms with Crippen molar-refractivity contribution in [3.63, 3.8) is 0 Å². The van der Waals surface area contributed by atoms with Gasteiger partial charge in [-0.05, 0) is 73.2 Å². The van der Waals surface area contributed by atoms with Crippen molar-refractivity contribution in [3.8, 4) is 11.5 Å². The van der Waals surface area contributed by atoms with E-state index in [-0.39, 0.29) is 36.1 Å². The summed E-state index contributed by atoms with van der Waals surface area (Å²) in [6, 6.07) is 10.2. The van der Waals surface area contributed by atoms with E-state index in [1.165, 1.54) is 7.11 Å². The Balaban J connectivity index is 1.47. The van der Waals surface area contributed by atoms with Gasteiger partial charge in [0, 0.05) is 12.1 Å². The molecule has 5 rings (SSSR count). The van der Waals surface area contributed by atoms with Crippen LogP contribution in [0.15, 0.2) is 47.5 Å². The fraction of sp³-hybridized carbons (Fsp3) is 0.346. The van der Waals surface area contributed by atoms with Crippen LogP contribution in [-0.2, 0) is 4.79 Å². The van der Waals surface area contributed by atoms with Crippen LogP contribution in [0.25, 0.3) is 5.57 Å². The van der Waals surface area contributed by atoms with E-state index in [1.807, 2.05) is 12.1 Å². The zero-order valence-electron chi connectivity index (χ0n) is 19.0. The zero-order chi connectivity index (χ0) is 23.8. The number of nitrogens with zero attached hydrogens (tertiary/aromatic N) is 2. The maximum absolute atomic E-state index is 13.0. The highest BCUT2D eigenvalue weighted by Gasteiger charge is 2.32. The molecule has 2 aromatic carbocycles. The van der Waals surface area contributed by atoms with Crippen LogP contribution in [0.3, 0.4) is 0 Å². The number of aliphatic hydroxyl groups excluding tert-OH is 1. The number of hydrogen-bond acceptors (Lipinski definition) is 6. The first kappa shape index (κ1) is 22.2. The first-order chi connectivity index (χ1) is 16.5. The minimum absolute atomic E-state index is 0.0513. The number of aliphatic hydroxyl groups is 1. The molecule has 0 bridgehead atoms. The molecule has 0 aromatic heterocycles. The third kappa shape index (κ3) is 3.94. The molecule has 3 N–H and O–H groups in total. The van der Waals surface area contributed by atoms with Crippen LogP contribution in [0, 0.1) is 5.92 Å². The second kappa shape index (κ2) is 8.95. The minimum Gasteiger partial charge on any atom is -0.504 e. The molecule has 3 aliphatic rings. The molecule has 0 radical (unpaired) electrons. The molecule has 1 fully saturated rings. The van der Waals surface area contributed by atoms with Crippen LogP contribution in [-0.4, -0.2) is 58.9 Å². The topological polar surface area (TPSA) is 111 Å². The molecule has 1 unspecified atom stereocenters. The van der Waals surface area contributed by atoms with Crippen molar-refractivity contribution in [1.29, 1.82) is 0 Å². The quantitative estimate of drug-likeness (QED) is 0.645. The molecule has 8 nitrogen and oxygen atoms in total. The molecule has 2 aromatic rings. The summed E-state index contributed by atoms with van der Waals surface area (Å²) in [6.45, 7) is 0.567. The largest absolute Gasteiger partial charge is 0.504 e. The summed E-state index contributed by atoms with van der Waals surface area (Å²) in [7, 11) is 1.51. The Bertz CT molecular complexity index is 1220. The molecule has 0 spiro atoms. The Kier molecular flexibility index (Phi) is 5.83. The number of likely N-dealkylation sites (tertiary alicyclic amines) is 1. The number of carbonyl (C=O) groups excluding carboxylic acids is 2. The number of phenols is 1. The van der Waals surface area contributed by atoms with Crippen molar-refractivity contribution in [2.45, 2.75) is 31.7 Å². The number of aromatic hydroxyl groups is 1. The summed E-state index contributed by atoms with van der Waals surface area (Å²) in [5.41, 5.74) is 4.17. The van der Waals surface area contributed by atoms with Gasteiger partial charge in [0.05, 0.1) is 42.8 Å². The Morgan fingerprint density at radius 3 is 2.88 bits per heavy atom. The zero-order valence-corrected chi connectivity index (χ0v) is 19.0. The van der Waals surface area contributed by atoms with Gasteiger partial charge in [-0.3, -0.25) is 14.6 Å². The fourth-order valence-corrected chi connectivity index (χ4v) is 4.96. The molecule has 2 atom stereocenters. The highest BCUT2D eigenvalue weighted by atomic mass is 16.5. The highest BCUT2D eigenvalue weighted by Crippen LogP contribution is 2.38. The van der Waals surface area contributed by atoms with Gasteiger partial charge < -0.3 is 25.2 Å². The highest BCUT2D eigenvalue weighted by molar-refractivity contribution is 6.19. The Labute approximate surface area is 197 Å². The van der Waals surface area contributed by atoms with Crippen LogP contribution in [0.5, 0.6) is 11.5 Å². The van der Waals surface area contributed by atoms with Gasteiger partial charge in [0.1, 0.15) is 0 Å². The van der Waals surface area contributed by atoms with Gasteiger partial charge in [0.25, 0.3) is 5.91 Å². The number of rotatable bonds is 4. The number of nitrogens with one attached hydrogen (secondary N) is 1. The lowest BCUT2D eigenvalue weighted by Crippen LogP contribution is -2.37. The predicted molar refractivity (Wildman–Crippen MR) is 129 cm³/mol. The van der Waals surface area contributed by atoms with Crippen molar-refractivity contribution in [2.24, 2.45) is 10.9 Å². The average Bonchev–Trinajstić information content (AvgIpc) is 3.28. The first-order valence-electron chi connectivity index (χ1n) is 11.5. The lowest BCUT2D eigenvalue weighted by Gasteiger charge is -2.23. The van der Waals surface area contributed by atoms with E-state index in [0.29, 0.717) is 47.8 Å². The van der Waals surface area contributed by atoms with Crippen molar-refractivity contribution in [2.75, 3.05) is 25.6 Å². The van der Waals surface area contributed by atoms with Crippen LogP contribution in [0.4, 0.5) is 11.4 Å². The van der Waals surface area contributed by atoms with Crippen LogP contribution in [0.1, 0.15) is 41.6 Å². The van der Waals surface area contributed by atoms with Gasteiger partial charge >= 0.3 is 0 Å². The van der Waals surface area contributed by atoms with Crippen molar-refractivity contribution >= 4 is 34.5 Å². The third-order valence-electron chi connectivity index (χ3n) is 6.85. The van der Waals surface area contributed by atoms with E-state index in [2.05, 4.69) is 5.32 Å². The summed E-state index contributed by atoms with van der Waals surface area (Å²) in [5.74, 6) is -0.205. The van der Waals surface area contributed by atoms with E-state index >= 15 is 0 Å². The third-order valence-corrected chi connectivity index (χ3v) is 6.85. The van der Waals surface area contributed by atoms with Crippen LogP contribution >= 0.6 is 0 Å². The minimum atomic E-state index is -0.383. The van der Waals surface area contributed by atoms with E-state index in [9.17, 15) is 19.8 Å². The number of aliphatic imine (C=N–C) groups is 1. The monoisotopic (exact) mass is 461 g/mol. The smallest absolute Gasteiger partial charge is 0.254 e. The summed E-state index contributed by atoms with van der Waals surface area (Å²) in [5, 5.41) is 22.4. The van der Waals surface area contributed by atoms with Crippen LogP contribution < -0.4 is 10.1 Å². The molecule has 2 amide bonds. The molecule has 176 valence electrons. The number of fused-ring (bicyclic) bond motifs is 2. The van der Waals surface area contributed by atoms with E-state index in [4.69, 9.17) is 9.73 Å². The molecule has 0 saturated carbocycles. The Morgan fingerprint density at radius 2 is 2.09 bits per heavy atom. The number of carbonyl (C=O) groups is 2. The maximum Gasteiger partial charge on any atom is 0.254 e. The van der Waals surface area contributed by atoms with Crippen molar-refractivity contribution in [3.05, 3.63) is 53.6 Å². The first-order valence-corrected chi connectivity index (χ1v) is 11.5. The van der Waals surface area contributed by atoms with Gasteiger partial charge in [0.2, 0.25) is 5.91 Å². The van der Waals surface area contributed by atoms with Crippen molar-refractivity contribution < 1.29 is 24.5 Å². The number of hydrogen-bond donors (Lipinski definition) is 3. The van der Waals surface area contributed by atoms with E-state index < -0.39 is 0 Å². The Morgan fingerprint density at radius 1 is 1.24 bits per heavy atom. The second-order valence-electron chi connectivity index (χ2n) is 8.88. The number of methoxy groups -OCH3 is 1. The van der Waals surface area contributed by atoms with Crippen molar-refractivity contribution in [1.82, 2.24) is 4.90 Å². The Hall–Kier alpha value is -3.65. The fourth-order valence-electron chi connectivity index (χ4n) is 4.96. The number of phenolic OH excluding ortho intramolecular Hbond substituents is 1. The molecular formula is C26H27N3O5. The predicted octanol–water partition coefficient (Wildman–Crippen LogP) is 3.52. The lowest BCUT2D eigenvalue weighted by molar-refractivity contribution is -0.118. The molecule has 1 aliphatic carbocycles. The standard InChI is InChI=1S/C26H27N3O5/c1-34-24-13-16(6-9-23(24)31)15-4-7-19-21(11-15)27-20-8-5-17(12-22(20)28-25(19)32)26(33)29-10-2-3-18(29)14-30/h5-6,8-9,11-13,18-19,30-31H,2-4,7,10,14H2,1H3,(H,28,32)/t18-,19?/m0/s1. The number of ether oxygens (including phenoxy) is 1. The second-order valence-corrected chi connectivity index (χ2v) is 8.88. The number of anilines is 1. The average molecular weight is 462 g/mol. The van der Waals surface area contributed by atoms with Crippen LogP contribution in [0.2, 0.25) is 0 Å². The maximum atomic E-state index is 13.0. The molecule has 1 saturated heterocycles. The van der Waals surface area contributed by atoms with E-state index in [0.717, 1.165) is 24.0 Å².